The third kappa shape index (κ3) is 5.13. The fourth-order valence-electron chi connectivity index (χ4n) is 5.33. The van der Waals surface area contributed by atoms with Crippen molar-refractivity contribution in [2.75, 3.05) is 56.6 Å². The van der Waals surface area contributed by atoms with Crippen molar-refractivity contribution in [1.29, 1.82) is 0 Å². The van der Waals surface area contributed by atoms with Crippen LogP contribution >= 0.6 is 0 Å². The minimum absolute atomic E-state index is 0.0227. The van der Waals surface area contributed by atoms with Crippen molar-refractivity contribution in [1.82, 2.24) is 14.5 Å². The van der Waals surface area contributed by atoms with Gasteiger partial charge in [-0.3, -0.25) is 14.5 Å². The fourth-order valence-corrected chi connectivity index (χ4v) is 6.08. The van der Waals surface area contributed by atoms with E-state index >= 15 is 0 Å². The number of amides is 2. The summed E-state index contributed by atoms with van der Waals surface area (Å²) < 4.78 is 45.3. The summed E-state index contributed by atoms with van der Waals surface area (Å²) in [4.78, 5) is 28.9. The zero-order chi connectivity index (χ0) is 26.4. The Labute approximate surface area is 215 Å². The molecule has 0 saturated carbocycles. The molecule has 2 fully saturated rings. The number of halogens is 1. The summed E-state index contributed by atoms with van der Waals surface area (Å²) in [6.45, 7) is 2.78. The molecule has 0 unspecified atom stereocenters. The van der Waals surface area contributed by atoms with Gasteiger partial charge in [-0.15, -0.1) is 0 Å². The number of likely N-dealkylation sites (tertiary alicyclic amines) is 2. The SMILES string of the molecule is CS(=O)(=O)NC1CN(C(=O)c2ccc(OCCN3CCC4(CC3)C(=O)Nc3ccc(N)cc34)cc2F)C1. The summed E-state index contributed by atoms with van der Waals surface area (Å²) in [5.41, 5.74) is 7.78. The van der Waals surface area contributed by atoms with Crippen LogP contribution in [0.2, 0.25) is 0 Å². The number of hydrogen-bond donors (Lipinski definition) is 3. The van der Waals surface area contributed by atoms with Gasteiger partial charge in [0.25, 0.3) is 5.91 Å². The number of nitrogens with two attached hydrogens (primary N) is 1. The number of piperidine rings is 1. The van der Waals surface area contributed by atoms with E-state index < -0.39 is 27.2 Å². The smallest absolute Gasteiger partial charge is 0.256 e. The lowest BCUT2D eigenvalue weighted by atomic mass is 9.73. The van der Waals surface area contributed by atoms with E-state index in [-0.39, 0.29) is 30.6 Å². The van der Waals surface area contributed by atoms with Crippen molar-refractivity contribution < 1.29 is 27.1 Å². The van der Waals surface area contributed by atoms with Crippen molar-refractivity contribution in [3.63, 3.8) is 0 Å². The van der Waals surface area contributed by atoms with E-state index in [0.717, 1.165) is 30.6 Å². The van der Waals surface area contributed by atoms with Crippen molar-refractivity contribution in [3.8, 4) is 5.75 Å². The van der Waals surface area contributed by atoms with Gasteiger partial charge in [0.1, 0.15) is 18.2 Å². The summed E-state index contributed by atoms with van der Waals surface area (Å²) in [5.74, 6) is -0.832. The highest BCUT2D eigenvalue weighted by Crippen LogP contribution is 2.45. The molecule has 2 amide bonds. The van der Waals surface area contributed by atoms with E-state index in [0.29, 0.717) is 37.4 Å². The number of ether oxygens (including phenoxy) is 1. The zero-order valence-corrected chi connectivity index (χ0v) is 21.3. The van der Waals surface area contributed by atoms with Gasteiger partial charge < -0.3 is 20.7 Å². The van der Waals surface area contributed by atoms with E-state index in [2.05, 4.69) is 14.9 Å². The van der Waals surface area contributed by atoms with Crippen LogP contribution in [0.5, 0.6) is 5.75 Å². The second-order valence-electron chi connectivity index (χ2n) is 9.97. The second-order valence-corrected chi connectivity index (χ2v) is 11.8. The highest BCUT2D eigenvalue weighted by atomic mass is 32.2. The third-order valence-corrected chi connectivity index (χ3v) is 8.11. The van der Waals surface area contributed by atoms with Crippen molar-refractivity contribution in [3.05, 3.63) is 53.3 Å². The minimum Gasteiger partial charge on any atom is -0.492 e. The molecule has 3 aliphatic rings. The Hall–Kier alpha value is -3.22. The second kappa shape index (κ2) is 9.58. The first-order chi connectivity index (χ1) is 17.5. The summed E-state index contributed by atoms with van der Waals surface area (Å²) in [6.07, 6.45) is 2.41. The van der Waals surface area contributed by atoms with Gasteiger partial charge in [0.2, 0.25) is 15.9 Å². The Kier molecular flexibility index (Phi) is 6.59. The van der Waals surface area contributed by atoms with Crippen molar-refractivity contribution in [2.24, 2.45) is 0 Å². The largest absolute Gasteiger partial charge is 0.492 e. The first-order valence-electron chi connectivity index (χ1n) is 12.2. The normalized spacial score (nSPS) is 19.4. The number of rotatable bonds is 7. The van der Waals surface area contributed by atoms with Gasteiger partial charge in [-0.2, -0.15) is 0 Å². The number of fused-ring (bicyclic) bond motifs is 2. The van der Waals surface area contributed by atoms with Crippen LogP contribution in [-0.4, -0.2) is 81.7 Å². The van der Waals surface area contributed by atoms with Gasteiger partial charge in [-0.25, -0.2) is 17.5 Å². The number of benzene rings is 2. The zero-order valence-electron chi connectivity index (χ0n) is 20.5. The molecule has 2 saturated heterocycles. The average Bonchev–Trinajstić information content (AvgIpc) is 3.07. The predicted octanol–water partition coefficient (Wildman–Crippen LogP) is 1.15. The highest BCUT2D eigenvalue weighted by molar-refractivity contribution is 7.88. The minimum atomic E-state index is -3.36. The quantitative estimate of drug-likeness (QED) is 0.456. The van der Waals surface area contributed by atoms with Crippen LogP contribution in [0.4, 0.5) is 15.8 Å². The first kappa shape index (κ1) is 25.4. The molecule has 0 radical (unpaired) electrons. The Balaban J connectivity index is 1.10. The molecule has 2 aromatic carbocycles. The Morgan fingerprint density at radius 3 is 2.62 bits per heavy atom. The van der Waals surface area contributed by atoms with Gasteiger partial charge in [-0.05, 0) is 61.8 Å². The lowest BCUT2D eigenvalue weighted by molar-refractivity contribution is -0.122. The topological polar surface area (TPSA) is 134 Å². The maximum atomic E-state index is 14.6. The molecule has 0 bridgehead atoms. The van der Waals surface area contributed by atoms with Gasteiger partial charge in [-0.1, -0.05) is 0 Å². The van der Waals surface area contributed by atoms with Gasteiger partial charge >= 0.3 is 0 Å². The van der Waals surface area contributed by atoms with Crippen molar-refractivity contribution in [2.45, 2.75) is 24.3 Å². The number of carbonyl (C=O) groups excluding carboxylic acids is 2. The lowest BCUT2D eigenvalue weighted by Gasteiger charge is -2.39. The molecule has 12 heteroatoms. The average molecular weight is 532 g/mol. The molecule has 4 N–H and O–H groups in total. The molecule has 10 nitrogen and oxygen atoms in total. The molecular weight excluding hydrogens is 501 g/mol. The highest BCUT2D eigenvalue weighted by Gasteiger charge is 2.48. The van der Waals surface area contributed by atoms with Crippen LogP contribution in [0.3, 0.4) is 0 Å². The Morgan fingerprint density at radius 2 is 1.95 bits per heavy atom. The van der Waals surface area contributed by atoms with Crippen molar-refractivity contribution >= 4 is 33.2 Å². The van der Waals surface area contributed by atoms with Crippen LogP contribution in [0, 0.1) is 5.82 Å². The van der Waals surface area contributed by atoms with Crippen LogP contribution in [0.1, 0.15) is 28.8 Å². The Bertz CT molecular complexity index is 1340. The number of nitrogen functional groups attached to an aromatic ring is 1. The lowest BCUT2D eigenvalue weighted by Crippen LogP contribution is -2.60. The molecule has 37 heavy (non-hydrogen) atoms. The number of nitrogens with one attached hydrogen (secondary N) is 2. The molecule has 0 aliphatic carbocycles. The van der Waals surface area contributed by atoms with Crippen LogP contribution in [-0.2, 0) is 20.2 Å². The molecule has 1 spiro atoms. The molecular formula is C25H30FN5O5S. The van der Waals surface area contributed by atoms with Crippen LogP contribution in [0.25, 0.3) is 0 Å². The maximum absolute atomic E-state index is 14.6. The van der Waals surface area contributed by atoms with Gasteiger partial charge in [0.15, 0.2) is 0 Å². The fraction of sp³-hybridized carbons (Fsp3) is 0.440. The number of anilines is 2. The molecule has 198 valence electrons. The summed E-state index contributed by atoms with van der Waals surface area (Å²) >= 11 is 0. The molecule has 3 heterocycles. The predicted molar refractivity (Wildman–Crippen MR) is 136 cm³/mol. The summed E-state index contributed by atoms with van der Waals surface area (Å²) in [5, 5.41) is 2.98. The molecule has 0 atom stereocenters. The van der Waals surface area contributed by atoms with E-state index in [1.807, 2.05) is 12.1 Å². The van der Waals surface area contributed by atoms with E-state index in [1.54, 1.807) is 12.1 Å². The molecule has 2 aromatic rings. The number of carbonyl (C=O) groups is 2. The van der Waals surface area contributed by atoms with E-state index in [9.17, 15) is 22.4 Å². The maximum Gasteiger partial charge on any atom is 0.256 e. The summed E-state index contributed by atoms with van der Waals surface area (Å²) in [6, 6.07) is 9.30. The summed E-state index contributed by atoms with van der Waals surface area (Å²) in [7, 11) is -3.36. The first-order valence-corrected chi connectivity index (χ1v) is 14.1. The number of sulfonamides is 1. The van der Waals surface area contributed by atoms with Crippen LogP contribution in [0.15, 0.2) is 36.4 Å². The molecule has 5 rings (SSSR count). The van der Waals surface area contributed by atoms with E-state index in [1.165, 1.54) is 17.0 Å². The Morgan fingerprint density at radius 1 is 1.22 bits per heavy atom. The number of nitrogens with zero attached hydrogens (tertiary/aromatic N) is 2. The third-order valence-electron chi connectivity index (χ3n) is 7.35. The number of hydrogen-bond acceptors (Lipinski definition) is 7. The van der Waals surface area contributed by atoms with E-state index in [4.69, 9.17) is 10.5 Å². The molecule has 0 aromatic heterocycles. The van der Waals surface area contributed by atoms with Gasteiger partial charge in [0, 0.05) is 37.1 Å². The standard InChI is InChI=1S/C25H30FN5O5S/c1-37(34,35)29-17-14-31(15-17)23(32)19-4-3-18(13-21(19)26)36-11-10-30-8-6-25(7-9-30)20-12-16(27)2-5-22(20)28-24(25)33/h2-5,12-13,17,29H,6-11,14-15,27H2,1H3,(H,28,33). The van der Waals surface area contributed by atoms with Crippen LogP contribution < -0.4 is 20.5 Å². The van der Waals surface area contributed by atoms with Gasteiger partial charge in [0.05, 0.1) is 23.3 Å². The molecule has 3 aliphatic heterocycles. The monoisotopic (exact) mass is 531 g/mol.